The van der Waals surface area contributed by atoms with Gasteiger partial charge in [0.1, 0.15) is 5.75 Å². The Morgan fingerprint density at radius 1 is 0.912 bits per heavy atom. The van der Waals surface area contributed by atoms with Crippen molar-refractivity contribution in [1.82, 2.24) is 0 Å². The lowest BCUT2D eigenvalue weighted by atomic mass is 10.1. The number of anilines is 2. The van der Waals surface area contributed by atoms with Gasteiger partial charge >= 0.3 is 0 Å². The van der Waals surface area contributed by atoms with Crippen LogP contribution in [0.1, 0.15) is 6.92 Å². The molecule has 0 aliphatic carbocycles. The highest BCUT2D eigenvalue weighted by atomic mass is 79.9. The number of halogens is 1. The number of nitrogens with zero attached hydrogens (tertiary/aromatic N) is 1. The molecule has 8 heteroatoms. The third-order valence-corrected chi connectivity index (χ3v) is 7.98. The molecule has 0 heterocycles. The smallest absolute Gasteiger partial charge is 0.264 e. The van der Waals surface area contributed by atoms with Crippen molar-refractivity contribution in [1.29, 1.82) is 0 Å². The summed E-state index contributed by atoms with van der Waals surface area (Å²) < 4.78 is 34.0. The van der Waals surface area contributed by atoms with E-state index >= 15 is 0 Å². The van der Waals surface area contributed by atoms with Gasteiger partial charge in [0, 0.05) is 12.2 Å². The van der Waals surface area contributed by atoms with E-state index in [0.29, 0.717) is 23.7 Å². The third kappa shape index (κ3) is 5.08. The van der Waals surface area contributed by atoms with E-state index in [1.165, 1.54) is 16.4 Å². The van der Waals surface area contributed by atoms with Gasteiger partial charge in [-0.1, -0.05) is 48.5 Å². The van der Waals surface area contributed by atoms with Crippen LogP contribution in [0, 0.1) is 0 Å². The van der Waals surface area contributed by atoms with Crippen LogP contribution in [0.25, 0.3) is 10.8 Å². The Bertz CT molecular complexity index is 1410. The van der Waals surface area contributed by atoms with Crippen LogP contribution in [0.3, 0.4) is 0 Å². The lowest BCUT2D eigenvalue weighted by molar-refractivity contribution is -0.118. The van der Waals surface area contributed by atoms with Gasteiger partial charge in [-0.05, 0) is 76.1 Å². The summed E-state index contributed by atoms with van der Waals surface area (Å²) in [7, 11) is -3.73. The van der Waals surface area contributed by atoms with Crippen LogP contribution in [0.15, 0.2) is 100 Å². The Hall–Kier alpha value is -3.36. The van der Waals surface area contributed by atoms with Gasteiger partial charge in [-0.25, -0.2) is 8.42 Å². The van der Waals surface area contributed by atoms with Crippen LogP contribution in [0.2, 0.25) is 0 Å². The van der Waals surface area contributed by atoms with Gasteiger partial charge in [-0.2, -0.15) is 0 Å². The number of hydrogen-bond acceptors (Lipinski definition) is 4. The van der Waals surface area contributed by atoms with Crippen LogP contribution in [-0.2, 0) is 14.8 Å². The number of carbonyl (C=O) groups excluding carboxylic acids is 1. The standard InChI is InChI=1S/C26H23BrN2O4S/c1-2-29(21-9-4-3-5-10-21)34(31,32)22-15-13-20(14-16-22)28-25(30)18-33-24-17-12-19-8-6-7-11-23(19)26(24)27/h3-17H,2,18H2,1H3,(H,28,30). The number of carbonyl (C=O) groups is 1. The molecule has 34 heavy (non-hydrogen) atoms. The summed E-state index contributed by atoms with van der Waals surface area (Å²) in [6.45, 7) is 1.90. The third-order valence-electron chi connectivity index (χ3n) is 5.24. The van der Waals surface area contributed by atoms with E-state index in [1.807, 2.05) is 42.5 Å². The number of rotatable bonds is 8. The molecule has 1 N–H and O–H groups in total. The Balaban J connectivity index is 1.41. The number of benzene rings is 4. The molecule has 0 fully saturated rings. The predicted molar refractivity (Wildman–Crippen MR) is 139 cm³/mol. The molecule has 4 rings (SSSR count). The second-order valence-corrected chi connectivity index (χ2v) is 10.1. The first kappa shape index (κ1) is 23.8. The fraction of sp³-hybridized carbons (Fsp3) is 0.115. The number of nitrogens with one attached hydrogen (secondary N) is 1. The molecule has 174 valence electrons. The monoisotopic (exact) mass is 538 g/mol. The summed E-state index contributed by atoms with van der Waals surface area (Å²) in [4.78, 5) is 12.6. The van der Waals surface area contributed by atoms with E-state index < -0.39 is 10.0 Å². The topological polar surface area (TPSA) is 75.7 Å². The first-order chi connectivity index (χ1) is 16.4. The summed E-state index contributed by atoms with van der Waals surface area (Å²) in [5.74, 6) is 0.214. The molecular weight excluding hydrogens is 516 g/mol. The first-order valence-electron chi connectivity index (χ1n) is 10.7. The molecular formula is C26H23BrN2O4S. The average Bonchev–Trinajstić information content (AvgIpc) is 2.85. The van der Waals surface area contributed by atoms with Crippen molar-refractivity contribution in [2.24, 2.45) is 0 Å². The zero-order valence-electron chi connectivity index (χ0n) is 18.4. The molecule has 6 nitrogen and oxygen atoms in total. The number of para-hydroxylation sites is 1. The van der Waals surface area contributed by atoms with Gasteiger partial charge in [0.15, 0.2) is 6.61 Å². The average molecular weight is 539 g/mol. The summed E-state index contributed by atoms with van der Waals surface area (Å²) >= 11 is 3.54. The minimum atomic E-state index is -3.73. The van der Waals surface area contributed by atoms with E-state index in [1.54, 1.807) is 43.3 Å². The number of fused-ring (bicyclic) bond motifs is 1. The molecule has 0 spiro atoms. The lowest BCUT2D eigenvalue weighted by Gasteiger charge is -2.23. The second-order valence-electron chi connectivity index (χ2n) is 7.47. The minimum Gasteiger partial charge on any atom is -0.483 e. The summed E-state index contributed by atoms with van der Waals surface area (Å²) in [6.07, 6.45) is 0. The van der Waals surface area contributed by atoms with E-state index in [2.05, 4.69) is 21.2 Å². The predicted octanol–water partition coefficient (Wildman–Crippen LogP) is 5.84. The Labute approximate surface area is 207 Å². The zero-order chi connectivity index (χ0) is 24.1. The Morgan fingerprint density at radius 3 is 2.29 bits per heavy atom. The van der Waals surface area contributed by atoms with E-state index in [4.69, 9.17) is 4.74 Å². The Kier molecular flexibility index (Phi) is 7.19. The molecule has 0 aliphatic rings. The SMILES string of the molecule is CCN(c1ccccc1)S(=O)(=O)c1ccc(NC(=O)COc2ccc3ccccc3c2Br)cc1. The minimum absolute atomic E-state index is 0.146. The lowest BCUT2D eigenvalue weighted by Crippen LogP contribution is -2.30. The van der Waals surface area contributed by atoms with E-state index in [0.717, 1.165) is 15.2 Å². The Morgan fingerprint density at radius 2 is 1.59 bits per heavy atom. The summed E-state index contributed by atoms with van der Waals surface area (Å²) in [5.41, 5.74) is 1.08. The molecule has 0 bridgehead atoms. The number of sulfonamides is 1. The maximum Gasteiger partial charge on any atom is 0.264 e. The number of hydrogen-bond donors (Lipinski definition) is 1. The van der Waals surface area contributed by atoms with Crippen LogP contribution >= 0.6 is 15.9 Å². The van der Waals surface area contributed by atoms with Crippen LogP contribution in [0.5, 0.6) is 5.75 Å². The second kappa shape index (κ2) is 10.3. The van der Waals surface area contributed by atoms with Gasteiger partial charge in [-0.3, -0.25) is 9.10 Å². The molecule has 0 unspecified atom stereocenters. The fourth-order valence-electron chi connectivity index (χ4n) is 3.59. The van der Waals surface area contributed by atoms with Crippen molar-refractivity contribution >= 4 is 54.0 Å². The molecule has 4 aromatic rings. The van der Waals surface area contributed by atoms with Gasteiger partial charge in [0.25, 0.3) is 15.9 Å². The van der Waals surface area contributed by atoms with Gasteiger partial charge in [0.2, 0.25) is 0 Å². The molecule has 0 aromatic heterocycles. The summed E-state index contributed by atoms with van der Waals surface area (Å²) in [5, 5.41) is 4.79. The van der Waals surface area contributed by atoms with Crippen molar-refractivity contribution in [3.8, 4) is 5.75 Å². The van der Waals surface area contributed by atoms with Crippen LogP contribution < -0.4 is 14.4 Å². The molecule has 1 amide bonds. The molecule has 0 radical (unpaired) electrons. The summed E-state index contributed by atoms with van der Waals surface area (Å²) in [6, 6.07) is 26.6. The van der Waals surface area contributed by atoms with E-state index in [-0.39, 0.29) is 17.4 Å². The highest BCUT2D eigenvalue weighted by Crippen LogP contribution is 2.33. The zero-order valence-corrected chi connectivity index (χ0v) is 20.8. The van der Waals surface area contributed by atoms with Gasteiger partial charge in [-0.15, -0.1) is 0 Å². The van der Waals surface area contributed by atoms with Crippen molar-refractivity contribution in [3.05, 3.63) is 95.5 Å². The van der Waals surface area contributed by atoms with E-state index in [9.17, 15) is 13.2 Å². The normalized spacial score (nSPS) is 11.2. The van der Waals surface area contributed by atoms with Crippen molar-refractivity contribution < 1.29 is 17.9 Å². The number of amides is 1. The maximum atomic E-state index is 13.1. The largest absolute Gasteiger partial charge is 0.483 e. The van der Waals surface area contributed by atoms with Crippen molar-refractivity contribution in [3.63, 3.8) is 0 Å². The molecule has 0 saturated heterocycles. The molecule has 0 aliphatic heterocycles. The molecule has 4 aromatic carbocycles. The van der Waals surface area contributed by atoms with Crippen LogP contribution in [0.4, 0.5) is 11.4 Å². The molecule has 0 saturated carbocycles. The first-order valence-corrected chi connectivity index (χ1v) is 12.9. The van der Waals surface area contributed by atoms with Crippen LogP contribution in [-0.4, -0.2) is 27.5 Å². The molecule has 0 atom stereocenters. The fourth-order valence-corrected chi connectivity index (χ4v) is 5.67. The van der Waals surface area contributed by atoms with Crippen molar-refractivity contribution in [2.75, 3.05) is 22.8 Å². The maximum absolute atomic E-state index is 13.1. The number of ether oxygens (including phenoxy) is 1. The highest BCUT2D eigenvalue weighted by molar-refractivity contribution is 9.10. The van der Waals surface area contributed by atoms with Gasteiger partial charge < -0.3 is 10.1 Å². The van der Waals surface area contributed by atoms with Gasteiger partial charge in [0.05, 0.1) is 15.1 Å². The quantitative estimate of drug-likeness (QED) is 0.306. The highest BCUT2D eigenvalue weighted by Gasteiger charge is 2.23. The van der Waals surface area contributed by atoms with Crippen molar-refractivity contribution in [2.45, 2.75) is 11.8 Å².